The Morgan fingerprint density at radius 2 is 1.38 bits per heavy atom. The second kappa shape index (κ2) is 7.56. The number of nitrogens with zero attached hydrogens (tertiary/aromatic N) is 1. The summed E-state index contributed by atoms with van der Waals surface area (Å²) < 4.78 is 32.5. The van der Waals surface area contributed by atoms with Gasteiger partial charge in [0.15, 0.2) is 0 Å². The highest BCUT2D eigenvalue weighted by atomic mass is 32.2. The summed E-state index contributed by atoms with van der Waals surface area (Å²) in [6.07, 6.45) is 0. The summed E-state index contributed by atoms with van der Waals surface area (Å²) in [5.41, 5.74) is 3.49. The van der Waals surface area contributed by atoms with Gasteiger partial charge in [0.1, 0.15) is 0 Å². The predicted octanol–water partition coefficient (Wildman–Crippen LogP) is 5.53. The van der Waals surface area contributed by atoms with E-state index in [0.29, 0.717) is 11.3 Å². The molecule has 0 saturated carbocycles. The van der Waals surface area contributed by atoms with E-state index in [9.17, 15) is 8.42 Å². The third-order valence-electron chi connectivity index (χ3n) is 4.51. The van der Waals surface area contributed by atoms with Crippen molar-refractivity contribution in [2.75, 3.05) is 5.32 Å². The molecule has 1 aromatic heterocycles. The lowest BCUT2D eigenvalue weighted by Gasteiger charge is -2.06. The quantitative estimate of drug-likeness (QED) is 0.473. The van der Waals surface area contributed by atoms with Gasteiger partial charge in [0.05, 0.1) is 4.90 Å². The summed E-state index contributed by atoms with van der Waals surface area (Å²) in [6, 6.07) is 23.5. The third-order valence-corrected chi connectivity index (χ3v) is 6.19. The van der Waals surface area contributed by atoms with Gasteiger partial charge in [0.25, 0.3) is 0 Å². The first-order chi connectivity index (χ1) is 13.9. The topological polar surface area (TPSA) is 72.2 Å². The summed E-state index contributed by atoms with van der Waals surface area (Å²) in [6.45, 7) is 3.89. The Morgan fingerprint density at radius 1 is 0.793 bits per heavy atom. The molecule has 0 bridgehead atoms. The maximum Gasteiger partial charge on any atom is 0.238 e. The van der Waals surface area contributed by atoms with Crippen LogP contribution in [-0.2, 0) is 9.84 Å². The molecule has 0 aliphatic rings. The number of sulfone groups is 1. The fourth-order valence-corrected chi connectivity index (χ4v) is 4.13. The predicted molar refractivity (Wildman–Crippen MR) is 113 cm³/mol. The van der Waals surface area contributed by atoms with Crippen molar-refractivity contribution in [2.45, 2.75) is 23.8 Å². The molecule has 146 valence electrons. The zero-order valence-electron chi connectivity index (χ0n) is 16.1. The van der Waals surface area contributed by atoms with Crippen molar-refractivity contribution in [1.82, 2.24) is 4.98 Å². The van der Waals surface area contributed by atoms with E-state index in [-0.39, 0.29) is 21.7 Å². The van der Waals surface area contributed by atoms with E-state index in [2.05, 4.69) is 10.3 Å². The van der Waals surface area contributed by atoms with Gasteiger partial charge in [-0.15, -0.1) is 0 Å². The fourth-order valence-electron chi connectivity index (χ4n) is 2.87. The zero-order chi connectivity index (χ0) is 20.4. The maximum atomic E-state index is 13.3. The van der Waals surface area contributed by atoms with Gasteiger partial charge in [-0.1, -0.05) is 53.6 Å². The normalized spacial score (nSPS) is 11.4. The summed E-state index contributed by atoms with van der Waals surface area (Å²) in [5, 5.41) is 2.91. The number of hydrogen-bond donors (Lipinski definition) is 1. The molecule has 5 nitrogen and oxygen atoms in total. The van der Waals surface area contributed by atoms with Crippen LogP contribution in [0.25, 0.3) is 11.5 Å². The summed E-state index contributed by atoms with van der Waals surface area (Å²) in [4.78, 5) is 4.53. The van der Waals surface area contributed by atoms with Gasteiger partial charge < -0.3 is 9.73 Å². The number of nitrogens with one attached hydrogen (secondary N) is 1. The van der Waals surface area contributed by atoms with Crippen LogP contribution in [-0.4, -0.2) is 13.4 Å². The molecule has 0 aliphatic carbocycles. The molecule has 1 heterocycles. The SMILES string of the molecule is Cc1ccc(-c2nc(S(=O)(=O)c3ccc(C)cc3)c(Nc3ccccc3)o2)cc1. The van der Waals surface area contributed by atoms with E-state index in [1.165, 1.54) is 0 Å². The number of rotatable bonds is 5. The smallest absolute Gasteiger partial charge is 0.238 e. The standard InChI is InChI=1S/C23H20N2O3S/c1-16-8-12-18(13-9-16)21-25-23(22(28-21)24-19-6-4-3-5-7-19)29(26,27)20-14-10-17(2)11-15-20/h3-15,24H,1-2H3. The van der Waals surface area contributed by atoms with E-state index in [0.717, 1.165) is 11.1 Å². The molecule has 4 aromatic rings. The van der Waals surface area contributed by atoms with E-state index >= 15 is 0 Å². The number of oxazole rings is 1. The average Bonchev–Trinajstić information content (AvgIpc) is 3.14. The van der Waals surface area contributed by atoms with E-state index in [1.807, 2.05) is 68.4 Å². The summed E-state index contributed by atoms with van der Waals surface area (Å²) in [5.74, 6) is 0.335. The Morgan fingerprint density at radius 3 is 2.00 bits per heavy atom. The van der Waals surface area contributed by atoms with Crippen molar-refractivity contribution in [2.24, 2.45) is 0 Å². The van der Waals surface area contributed by atoms with Crippen molar-refractivity contribution in [1.29, 1.82) is 0 Å². The molecule has 3 aromatic carbocycles. The highest BCUT2D eigenvalue weighted by molar-refractivity contribution is 7.91. The molecule has 1 N–H and O–H groups in total. The number of benzene rings is 3. The molecule has 0 aliphatic heterocycles. The molecule has 0 atom stereocenters. The molecule has 6 heteroatoms. The van der Waals surface area contributed by atoms with Gasteiger partial charge in [-0.3, -0.25) is 0 Å². The van der Waals surface area contributed by atoms with Crippen molar-refractivity contribution < 1.29 is 12.8 Å². The van der Waals surface area contributed by atoms with Gasteiger partial charge in [0.2, 0.25) is 26.6 Å². The Hall–Kier alpha value is -3.38. The molecule has 4 rings (SSSR count). The van der Waals surface area contributed by atoms with Crippen molar-refractivity contribution >= 4 is 21.4 Å². The van der Waals surface area contributed by atoms with E-state index in [4.69, 9.17) is 4.42 Å². The van der Waals surface area contributed by atoms with Crippen LogP contribution in [0, 0.1) is 13.8 Å². The Balaban J connectivity index is 1.84. The first-order valence-electron chi connectivity index (χ1n) is 9.15. The zero-order valence-corrected chi connectivity index (χ0v) is 16.9. The molecule has 0 fully saturated rings. The molecule has 0 spiro atoms. The first kappa shape index (κ1) is 19.0. The minimum atomic E-state index is -3.87. The molecular weight excluding hydrogens is 384 g/mol. The Labute approximate surface area is 170 Å². The monoisotopic (exact) mass is 404 g/mol. The highest BCUT2D eigenvalue weighted by Gasteiger charge is 2.28. The fraction of sp³-hybridized carbons (Fsp3) is 0.0870. The van der Waals surface area contributed by atoms with Gasteiger partial charge in [-0.2, -0.15) is 4.98 Å². The number of para-hydroxylation sites is 1. The maximum absolute atomic E-state index is 13.3. The Kier molecular flexibility index (Phi) is 4.94. The van der Waals surface area contributed by atoms with Crippen LogP contribution < -0.4 is 5.32 Å². The average molecular weight is 404 g/mol. The molecule has 0 amide bonds. The lowest BCUT2D eigenvalue weighted by Crippen LogP contribution is -2.05. The number of aromatic nitrogens is 1. The second-order valence-electron chi connectivity index (χ2n) is 6.83. The van der Waals surface area contributed by atoms with Crippen LogP contribution in [0.5, 0.6) is 0 Å². The van der Waals surface area contributed by atoms with Crippen LogP contribution in [0.15, 0.2) is 93.2 Å². The van der Waals surface area contributed by atoms with Crippen LogP contribution >= 0.6 is 0 Å². The van der Waals surface area contributed by atoms with Crippen molar-refractivity contribution in [3.05, 3.63) is 90.0 Å². The van der Waals surface area contributed by atoms with Crippen molar-refractivity contribution in [3.8, 4) is 11.5 Å². The molecular formula is C23H20N2O3S. The van der Waals surface area contributed by atoms with Crippen LogP contribution in [0.4, 0.5) is 11.6 Å². The van der Waals surface area contributed by atoms with Gasteiger partial charge >= 0.3 is 0 Å². The molecule has 0 unspecified atom stereocenters. The minimum Gasteiger partial charge on any atom is -0.419 e. The van der Waals surface area contributed by atoms with E-state index < -0.39 is 9.84 Å². The summed E-state index contributed by atoms with van der Waals surface area (Å²) in [7, 11) is -3.87. The summed E-state index contributed by atoms with van der Waals surface area (Å²) >= 11 is 0. The molecule has 0 radical (unpaired) electrons. The number of hydrogen-bond acceptors (Lipinski definition) is 5. The van der Waals surface area contributed by atoms with Gasteiger partial charge in [-0.05, 0) is 50.2 Å². The lowest BCUT2D eigenvalue weighted by molar-refractivity contribution is 0.582. The highest BCUT2D eigenvalue weighted by Crippen LogP contribution is 2.34. The lowest BCUT2D eigenvalue weighted by atomic mass is 10.1. The van der Waals surface area contributed by atoms with Crippen LogP contribution in [0.3, 0.4) is 0 Å². The van der Waals surface area contributed by atoms with Gasteiger partial charge in [-0.25, -0.2) is 8.42 Å². The number of anilines is 2. The minimum absolute atomic E-state index is 0.0901. The third kappa shape index (κ3) is 3.93. The molecule has 29 heavy (non-hydrogen) atoms. The first-order valence-corrected chi connectivity index (χ1v) is 10.6. The van der Waals surface area contributed by atoms with Crippen LogP contribution in [0.1, 0.15) is 11.1 Å². The van der Waals surface area contributed by atoms with Gasteiger partial charge in [0, 0.05) is 11.3 Å². The van der Waals surface area contributed by atoms with Crippen LogP contribution in [0.2, 0.25) is 0 Å². The second-order valence-corrected chi connectivity index (χ2v) is 8.69. The van der Waals surface area contributed by atoms with Crippen molar-refractivity contribution in [3.63, 3.8) is 0 Å². The Bertz CT molecular complexity index is 1230. The van der Waals surface area contributed by atoms with E-state index in [1.54, 1.807) is 24.3 Å². The number of aryl methyl sites for hydroxylation is 2. The molecule has 0 saturated heterocycles. The largest absolute Gasteiger partial charge is 0.419 e.